The van der Waals surface area contributed by atoms with Crippen molar-refractivity contribution in [2.45, 2.75) is 25.2 Å². The van der Waals surface area contributed by atoms with Crippen LogP contribution in [0.15, 0.2) is 218 Å². The highest BCUT2D eigenvalue weighted by Crippen LogP contribution is 2.50. The molecule has 1 aliphatic rings. The van der Waals surface area contributed by atoms with E-state index in [4.69, 9.17) is 0 Å². The molecule has 0 spiro atoms. The smallest absolute Gasteiger partial charge is 0.0541 e. The summed E-state index contributed by atoms with van der Waals surface area (Å²) >= 11 is 0. The van der Waals surface area contributed by atoms with E-state index < -0.39 is 0 Å². The Morgan fingerprint density at radius 2 is 0.847 bits per heavy atom. The average Bonchev–Trinajstić information content (AvgIpc) is 3.75. The molecule has 1 aromatic heterocycles. The fourth-order valence-electron chi connectivity index (χ4n) is 9.73. The lowest BCUT2D eigenvalue weighted by atomic mass is 9.79. The molecule has 1 atom stereocenters. The second-order valence-corrected chi connectivity index (χ2v) is 16.5. The zero-order valence-electron chi connectivity index (χ0n) is 33.3. The molecular formula is C58H43N. The third-order valence-corrected chi connectivity index (χ3v) is 12.8. The number of hydrogen-bond acceptors (Lipinski definition) is 0. The van der Waals surface area contributed by atoms with Gasteiger partial charge in [-0.2, -0.15) is 0 Å². The minimum absolute atomic E-state index is 0.0674. The van der Waals surface area contributed by atoms with Gasteiger partial charge in [-0.05, 0) is 109 Å². The lowest BCUT2D eigenvalue weighted by Crippen LogP contribution is -2.15. The first-order valence-corrected chi connectivity index (χ1v) is 20.7. The fraction of sp³-hybridized carbons (Fsp3) is 0.0690. The third kappa shape index (κ3) is 5.93. The highest BCUT2D eigenvalue weighted by Gasteiger charge is 2.36. The van der Waals surface area contributed by atoms with E-state index in [-0.39, 0.29) is 11.3 Å². The lowest BCUT2D eigenvalue weighted by Gasteiger charge is -2.25. The molecule has 1 aliphatic carbocycles. The molecule has 11 rings (SSSR count). The van der Waals surface area contributed by atoms with Crippen LogP contribution in [0.25, 0.3) is 72.0 Å². The van der Waals surface area contributed by atoms with Crippen LogP contribution < -0.4 is 0 Å². The summed E-state index contributed by atoms with van der Waals surface area (Å²) in [6, 6.07) is 80.6. The van der Waals surface area contributed by atoms with Gasteiger partial charge in [0.2, 0.25) is 0 Å². The average molecular weight is 754 g/mol. The van der Waals surface area contributed by atoms with Crippen molar-refractivity contribution in [2.75, 3.05) is 0 Å². The SMILES string of the molecule is CC1(C)c2ccccc2-c2ccc(C(c3ccc(-c4ccccc4)cc3)c3ccc(-c4cccc(-c5ccc6c(c5)c5ccccc5n6-c5ccccc5)c4)cc3)cc21. The predicted molar refractivity (Wildman–Crippen MR) is 248 cm³/mol. The largest absolute Gasteiger partial charge is 0.309 e. The Bertz CT molecular complexity index is 3150. The van der Waals surface area contributed by atoms with Crippen LogP contribution in [-0.2, 0) is 5.41 Å². The van der Waals surface area contributed by atoms with Gasteiger partial charge in [0.05, 0.1) is 11.0 Å². The second kappa shape index (κ2) is 14.0. The maximum Gasteiger partial charge on any atom is 0.0541 e. The molecule has 9 aromatic carbocycles. The van der Waals surface area contributed by atoms with Gasteiger partial charge in [0.15, 0.2) is 0 Å². The highest BCUT2D eigenvalue weighted by molar-refractivity contribution is 6.10. The number of para-hydroxylation sites is 2. The molecule has 1 unspecified atom stereocenters. The molecule has 0 bridgehead atoms. The molecule has 0 radical (unpaired) electrons. The van der Waals surface area contributed by atoms with Crippen LogP contribution in [0, 0.1) is 0 Å². The van der Waals surface area contributed by atoms with Crippen LogP contribution in [0.3, 0.4) is 0 Å². The molecule has 0 amide bonds. The van der Waals surface area contributed by atoms with Crippen LogP contribution in [0.2, 0.25) is 0 Å². The molecule has 0 aliphatic heterocycles. The van der Waals surface area contributed by atoms with Crippen molar-refractivity contribution in [1.82, 2.24) is 4.57 Å². The fourth-order valence-corrected chi connectivity index (χ4v) is 9.73. The molecule has 1 nitrogen and oxygen atoms in total. The molecule has 1 heteroatoms. The normalized spacial score (nSPS) is 13.3. The maximum absolute atomic E-state index is 2.48. The number of rotatable bonds is 7. The Morgan fingerprint density at radius 1 is 0.339 bits per heavy atom. The first kappa shape index (κ1) is 35.0. The van der Waals surface area contributed by atoms with Crippen LogP contribution in [0.4, 0.5) is 0 Å². The summed E-state index contributed by atoms with van der Waals surface area (Å²) in [7, 11) is 0. The monoisotopic (exact) mass is 753 g/mol. The van der Waals surface area contributed by atoms with Gasteiger partial charge in [0.1, 0.15) is 0 Å². The van der Waals surface area contributed by atoms with Crippen molar-refractivity contribution in [3.63, 3.8) is 0 Å². The van der Waals surface area contributed by atoms with E-state index in [9.17, 15) is 0 Å². The molecule has 1 heterocycles. The standard InChI is InChI=1S/C58H43N/c1-58(2)53-22-11-9-20-49(53)50-34-32-47(38-54(50)58)57(42-28-24-40(25-29-42)39-14-5-3-6-15-39)43-30-26-41(27-31-43)44-16-13-17-45(36-44)46-33-35-56-52(37-46)51-21-10-12-23-55(51)59(56)48-18-7-4-8-19-48/h3-38,57H,1-2H3. The third-order valence-electron chi connectivity index (χ3n) is 12.8. The van der Waals surface area contributed by atoms with E-state index in [1.54, 1.807) is 0 Å². The lowest BCUT2D eigenvalue weighted by molar-refractivity contribution is 0.659. The molecule has 59 heavy (non-hydrogen) atoms. The van der Waals surface area contributed by atoms with Gasteiger partial charge < -0.3 is 4.57 Å². The van der Waals surface area contributed by atoms with Crippen molar-refractivity contribution >= 4 is 21.8 Å². The van der Waals surface area contributed by atoms with Gasteiger partial charge in [-0.1, -0.05) is 196 Å². The summed E-state index contributed by atoms with van der Waals surface area (Å²) in [6.45, 7) is 4.74. The highest BCUT2D eigenvalue weighted by atomic mass is 15.0. The van der Waals surface area contributed by atoms with Crippen molar-refractivity contribution in [1.29, 1.82) is 0 Å². The van der Waals surface area contributed by atoms with Crippen LogP contribution >= 0.6 is 0 Å². The number of nitrogens with zero attached hydrogens (tertiary/aromatic N) is 1. The van der Waals surface area contributed by atoms with E-state index in [1.165, 1.54) is 99.8 Å². The van der Waals surface area contributed by atoms with Gasteiger partial charge in [-0.15, -0.1) is 0 Å². The molecule has 0 fully saturated rings. The van der Waals surface area contributed by atoms with Crippen molar-refractivity contribution in [3.8, 4) is 50.2 Å². The summed E-state index contributed by atoms with van der Waals surface area (Å²) in [5.74, 6) is 0.0785. The summed E-state index contributed by atoms with van der Waals surface area (Å²) in [4.78, 5) is 0. The Hall–Kier alpha value is -7.22. The minimum Gasteiger partial charge on any atom is -0.309 e. The summed E-state index contributed by atoms with van der Waals surface area (Å²) in [6.07, 6.45) is 0. The van der Waals surface area contributed by atoms with E-state index in [0.29, 0.717) is 0 Å². The zero-order chi connectivity index (χ0) is 39.5. The van der Waals surface area contributed by atoms with Gasteiger partial charge in [0, 0.05) is 27.8 Å². The van der Waals surface area contributed by atoms with Crippen LogP contribution in [0.1, 0.15) is 47.6 Å². The van der Waals surface area contributed by atoms with Gasteiger partial charge in [-0.3, -0.25) is 0 Å². The number of fused-ring (bicyclic) bond motifs is 6. The second-order valence-electron chi connectivity index (χ2n) is 16.5. The topological polar surface area (TPSA) is 4.93 Å². The van der Waals surface area contributed by atoms with Crippen molar-refractivity contribution in [2.24, 2.45) is 0 Å². The first-order chi connectivity index (χ1) is 29.0. The summed E-state index contributed by atoms with van der Waals surface area (Å²) < 4.78 is 2.37. The Labute approximate surface area is 346 Å². The maximum atomic E-state index is 2.48. The van der Waals surface area contributed by atoms with E-state index >= 15 is 0 Å². The molecule has 0 saturated carbocycles. The first-order valence-electron chi connectivity index (χ1n) is 20.7. The number of hydrogen-bond donors (Lipinski definition) is 0. The Balaban J connectivity index is 0.965. The minimum atomic E-state index is -0.0674. The molecule has 280 valence electrons. The molecular weight excluding hydrogens is 711 g/mol. The summed E-state index contributed by atoms with van der Waals surface area (Å²) in [5.41, 5.74) is 20.3. The molecule has 0 N–H and O–H groups in total. The zero-order valence-corrected chi connectivity index (χ0v) is 33.3. The molecule has 0 saturated heterocycles. The summed E-state index contributed by atoms with van der Waals surface area (Å²) in [5, 5.41) is 2.53. The van der Waals surface area contributed by atoms with Gasteiger partial charge in [-0.25, -0.2) is 0 Å². The predicted octanol–water partition coefficient (Wildman–Crippen LogP) is 15.3. The van der Waals surface area contributed by atoms with E-state index in [2.05, 4.69) is 237 Å². The van der Waals surface area contributed by atoms with Crippen molar-refractivity contribution in [3.05, 3.63) is 246 Å². The van der Waals surface area contributed by atoms with Gasteiger partial charge >= 0.3 is 0 Å². The van der Waals surface area contributed by atoms with Crippen LogP contribution in [-0.4, -0.2) is 4.57 Å². The Morgan fingerprint density at radius 3 is 1.59 bits per heavy atom. The van der Waals surface area contributed by atoms with Gasteiger partial charge in [0.25, 0.3) is 0 Å². The van der Waals surface area contributed by atoms with E-state index in [1.807, 2.05) is 0 Å². The van der Waals surface area contributed by atoms with Crippen LogP contribution in [0.5, 0.6) is 0 Å². The molecule has 10 aromatic rings. The quantitative estimate of drug-likeness (QED) is 0.143. The number of benzene rings is 9. The van der Waals surface area contributed by atoms with Crippen molar-refractivity contribution < 1.29 is 0 Å². The van der Waals surface area contributed by atoms with E-state index in [0.717, 1.165) is 0 Å². The Kier molecular flexibility index (Phi) is 8.31. The number of aromatic nitrogens is 1.